The highest BCUT2D eigenvalue weighted by atomic mass is 35.5. The van der Waals surface area contributed by atoms with E-state index in [1.165, 1.54) is 21.6 Å². The second-order valence-corrected chi connectivity index (χ2v) is 6.67. The fourth-order valence-corrected chi connectivity index (χ4v) is 3.47. The number of nitrogens with one attached hydrogen (secondary N) is 1. The van der Waals surface area contributed by atoms with Gasteiger partial charge in [-0.1, -0.05) is 29.8 Å². The number of fused-ring (bicyclic) bond motifs is 2. The topological polar surface area (TPSA) is 66.3 Å². The lowest BCUT2D eigenvalue weighted by molar-refractivity contribution is -0.137. The smallest absolute Gasteiger partial charge is 0.296 e. The largest absolute Gasteiger partial charge is 0.417 e. The van der Waals surface area contributed by atoms with Gasteiger partial charge in [-0.3, -0.25) is 9.36 Å². The maximum atomic E-state index is 13.0. The van der Waals surface area contributed by atoms with Gasteiger partial charge in [-0.25, -0.2) is 20.4 Å². The van der Waals surface area contributed by atoms with Crippen LogP contribution < -0.4 is 15.6 Å². The van der Waals surface area contributed by atoms with Crippen molar-refractivity contribution >= 4 is 40.3 Å². The van der Waals surface area contributed by atoms with Gasteiger partial charge >= 0.3 is 6.18 Å². The molecular weight excluding hydrogens is 397 g/mol. The van der Waals surface area contributed by atoms with Crippen LogP contribution in [0, 0.1) is 0 Å². The highest BCUT2D eigenvalue weighted by molar-refractivity contribution is 6.23. The number of pyridine rings is 1. The molecule has 7 nitrogen and oxygen atoms in total. The summed E-state index contributed by atoms with van der Waals surface area (Å²) in [6.45, 7) is 1.34. The van der Waals surface area contributed by atoms with Gasteiger partial charge in [0.25, 0.3) is 0 Å². The molecule has 3 heterocycles. The summed E-state index contributed by atoms with van der Waals surface area (Å²) in [6, 6.07) is 8.08. The Morgan fingerprint density at radius 3 is 2.68 bits per heavy atom. The Morgan fingerprint density at radius 2 is 2.00 bits per heavy atom. The molecule has 2 aromatic heterocycles. The van der Waals surface area contributed by atoms with Gasteiger partial charge in [0, 0.05) is 25.7 Å². The zero-order valence-corrected chi connectivity index (χ0v) is 15.5. The molecule has 1 aromatic carbocycles. The summed E-state index contributed by atoms with van der Waals surface area (Å²) < 4.78 is 40.5. The number of para-hydroxylation sites is 1. The quantitative estimate of drug-likeness (QED) is 0.517. The van der Waals surface area contributed by atoms with Crippen LogP contribution in [0.2, 0.25) is 0 Å². The lowest BCUT2D eigenvalue weighted by Gasteiger charge is -2.31. The molecule has 0 saturated carbocycles. The number of hydrogen-bond donors (Lipinski definition) is 1. The molecule has 4 rings (SSSR count). The summed E-state index contributed by atoms with van der Waals surface area (Å²) in [5.74, 6) is -0.117. The van der Waals surface area contributed by atoms with E-state index < -0.39 is 17.2 Å². The highest BCUT2D eigenvalue weighted by Crippen LogP contribution is 2.44. The molecule has 1 aliphatic rings. The van der Waals surface area contributed by atoms with Crippen LogP contribution >= 0.6 is 11.6 Å². The molecule has 3 aromatic rings. The van der Waals surface area contributed by atoms with Crippen molar-refractivity contribution in [2.24, 2.45) is 7.05 Å². The second kappa shape index (κ2) is 6.26. The number of hydrogen-bond acceptors (Lipinski definition) is 5. The minimum Gasteiger partial charge on any atom is -0.296 e. The van der Waals surface area contributed by atoms with Gasteiger partial charge in [0.15, 0.2) is 11.1 Å². The van der Waals surface area contributed by atoms with Gasteiger partial charge in [-0.2, -0.15) is 18.3 Å². The molecule has 1 aliphatic heterocycles. The van der Waals surface area contributed by atoms with Crippen LogP contribution in [-0.4, -0.2) is 20.4 Å². The SMILES string of the molecule is CC(=O)NN1c2ccccc2C(Cl)N1c1nc2cc(C(F)(F)F)cnc2n1C. The molecule has 0 aliphatic carbocycles. The first-order chi connectivity index (χ1) is 13.2. The van der Waals surface area contributed by atoms with Crippen LogP contribution in [0.3, 0.4) is 0 Å². The summed E-state index contributed by atoms with van der Waals surface area (Å²) in [5.41, 5.74) is 2.71. The van der Waals surface area contributed by atoms with E-state index in [0.717, 1.165) is 12.3 Å². The molecular formula is C17H14ClF3N6O. The van der Waals surface area contributed by atoms with Crippen molar-refractivity contribution in [2.45, 2.75) is 18.6 Å². The molecule has 1 atom stereocenters. The van der Waals surface area contributed by atoms with E-state index >= 15 is 0 Å². The molecule has 1 amide bonds. The first kappa shape index (κ1) is 18.4. The third kappa shape index (κ3) is 2.80. The maximum Gasteiger partial charge on any atom is 0.417 e. The number of carbonyl (C=O) groups is 1. The van der Waals surface area contributed by atoms with Crippen LogP contribution in [0.4, 0.5) is 24.8 Å². The summed E-state index contributed by atoms with van der Waals surface area (Å²) in [4.78, 5) is 19.9. The fraction of sp³-hybridized carbons (Fsp3) is 0.235. The first-order valence-electron chi connectivity index (χ1n) is 8.17. The summed E-state index contributed by atoms with van der Waals surface area (Å²) in [6.07, 6.45) is -3.77. The molecule has 1 N–H and O–H groups in total. The number of aromatic nitrogens is 3. The molecule has 0 saturated heterocycles. The van der Waals surface area contributed by atoms with Gasteiger partial charge in [-0.05, 0) is 12.1 Å². The Morgan fingerprint density at radius 1 is 1.29 bits per heavy atom. The summed E-state index contributed by atoms with van der Waals surface area (Å²) >= 11 is 6.60. The van der Waals surface area contributed by atoms with Crippen molar-refractivity contribution in [3.05, 3.63) is 47.7 Å². The predicted octanol–water partition coefficient (Wildman–Crippen LogP) is 3.52. The molecule has 0 bridgehead atoms. The number of imidazole rings is 1. The number of rotatable bonds is 2. The minimum absolute atomic E-state index is 0.0647. The van der Waals surface area contributed by atoms with Crippen molar-refractivity contribution in [1.82, 2.24) is 20.0 Å². The fourth-order valence-electron chi connectivity index (χ4n) is 3.11. The molecule has 1 unspecified atom stereocenters. The standard InChI is InChI=1S/C17H14ClF3N6O/c1-9(28)24-27-13-6-4-3-5-11(13)14(18)26(27)16-23-12-7-10(17(19,20)21)8-22-15(12)25(16)2/h3-8,14H,1-2H3,(H,24,28). The molecule has 11 heteroatoms. The Labute approximate surface area is 162 Å². The number of benzene rings is 1. The number of alkyl halides is 4. The number of anilines is 2. The Kier molecular flexibility index (Phi) is 4.11. The van der Waals surface area contributed by atoms with Crippen molar-refractivity contribution in [3.63, 3.8) is 0 Å². The van der Waals surface area contributed by atoms with Crippen molar-refractivity contribution in [2.75, 3.05) is 10.1 Å². The Balaban J connectivity index is 1.86. The van der Waals surface area contributed by atoms with Crippen LogP contribution in [0.15, 0.2) is 36.5 Å². The highest BCUT2D eigenvalue weighted by Gasteiger charge is 2.39. The summed E-state index contributed by atoms with van der Waals surface area (Å²) in [7, 11) is 1.61. The van der Waals surface area contributed by atoms with Crippen molar-refractivity contribution < 1.29 is 18.0 Å². The van der Waals surface area contributed by atoms with Gasteiger partial charge in [-0.15, -0.1) is 0 Å². The van der Waals surface area contributed by atoms with Crippen LogP contribution in [-0.2, 0) is 18.0 Å². The third-order valence-corrected chi connectivity index (χ3v) is 4.75. The maximum absolute atomic E-state index is 13.0. The van der Waals surface area contributed by atoms with E-state index in [0.29, 0.717) is 11.3 Å². The zero-order valence-electron chi connectivity index (χ0n) is 14.7. The van der Waals surface area contributed by atoms with Crippen LogP contribution in [0.1, 0.15) is 23.6 Å². The number of nitrogens with zero attached hydrogens (tertiary/aromatic N) is 5. The van der Waals surface area contributed by atoms with E-state index in [-0.39, 0.29) is 23.0 Å². The van der Waals surface area contributed by atoms with E-state index in [4.69, 9.17) is 11.6 Å². The Hall–Kier alpha value is -3.01. The molecule has 0 fully saturated rings. The van der Waals surface area contributed by atoms with Gasteiger partial charge in [0.05, 0.1) is 11.3 Å². The number of amides is 1. The van der Waals surface area contributed by atoms with Crippen LogP contribution in [0.25, 0.3) is 11.2 Å². The lowest BCUT2D eigenvalue weighted by Crippen LogP contribution is -2.51. The number of carbonyl (C=O) groups excluding carboxylic acids is 1. The number of halogens is 4. The Bertz CT molecular complexity index is 1080. The van der Waals surface area contributed by atoms with Crippen molar-refractivity contribution in [1.29, 1.82) is 0 Å². The van der Waals surface area contributed by atoms with Gasteiger partial charge in [0.1, 0.15) is 5.52 Å². The monoisotopic (exact) mass is 410 g/mol. The molecule has 0 radical (unpaired) electrons. The second-order valence-electron chi connectivity index (χ2n) is 6.25. The molecule has 0 spiro atoms. The van der Waals surface area contributed by atoms with E-state index in [1.54, 1.807) is 31.3 Å². The van der Waals surface area contributed by atoms with Crippen molar-refractivity contribution in [3.8, 4) is 0 Å². The number of aryl methyl sites for hydroxylation is 1. The minimum atomic E-state index is -4.53. The normalized spacial score (nSPS) is 16.6. The average Bonchev–Trinajstić information content (AvgIpc) is 3.09. The predicted molar refractivity (Wildman–Crippen MR) is 97.3 cm³/mol. The molecule has 146 valence electrons. The third-order valence-electron chi connectivity index (χ3n) is 4.33. The zero-order chi connectivity index (χ0) is 20.2. The van der Waals surface area contributed by atoms with E-state index in [1.807, 2.05) is 0 Å². The van der Waals surface area contributed by atoms with Gasteiger partial charge in [0.2, 0.25) is 11.9 Å². The van der Waals surface area contributed by atoms with Gasteiger partial charge < -0.3 is 0 Å². The van der Waals surface area contributed by atoms with E-state index in [9.17, 15) is 18.0 Å². The van der Waals surface area contributed by atoms with E-state index in [2.05, 4.69) is 15.4 Å². The summed E-state index contributed by atoms with van der Waals surface area (Å²) in [5, 5.41) is 2.92. The van der Waals surface area contributed by atoms with Crippen LogP contribution in [0.5, 0.6) is 0 Å². The average molecular weight is 411 g/mol. The number of hydrazine groups is 2. The first-order valence-corrected chi connectivity index (χ1v) is 8.61. The lowest BCUT2D eigenvalue weighted by atomic mass is 10.2. The molecule has 28 heavy (non-hydrogen) atoms.